The van der Waals surface area contributed by atoms with E-state index in [4.69, 9.17) is 13.9 Å². The fourth-order valence-electron chi connectivity index (χ4n) is 10.6. The van der Waals surface area contributed by atoms with Gasteiger partial charge in [-0.1, -0.05) is 31.2 Å². The predicted molar refractivity (Wildman–Crippen MR) is 243 cm³/mol. The highest BCUT2D eigenvalue weighted by atomic mass is 16.6. The number of fused-ring (bicyclic) bond motifs is 2. The molecule has 2 atom stereocenters. The minimum Gasteiger partial charge on any atom is -0.466 e. The Labute approximate surface area is 380 Å². The molecule has 0 radical (unpaired) electrons. The van der Waals surface area contributed by atoms with Crippen LogP contribution in [-0.4, -0.2) is 168 Å². The number of nitrogens with one attached hydrogen (secondary N) is 1. The van der Waals surface area contributed by atoms with Crippen molar-refractivity contribution in [2.45, 2.75) is 83.8 Å². The maximum Gasteiger partial charge on any atom is 0.419 e. The van der Waals surface area contributed by atoms with Crippen molar-refractivity contribution in [3.05, 3.63) is 63.6 Å². The topological polar surface area (TPSA) is 170 Å². The molecule has 0 bridgehead atoms. The molecule has 8 rings (SSSR count). The van der Waals surface area contributed by atoms with Crippen LogP contribution in [-0.2, 0) is 43.7 Å². The summed E-state index contributed by atoms with van der Waals surface area (Å²) in [6.07, 6.45) is 3.18. The van der Waals surface area contributed by atoms with Crippen LogP contribution >= 0.6 is 0 Å². The number of likely N-dealkylation sites (tertiary alicyclic amines) is 3. The molecular formula is C48H66N8O9. The van der Waals surface area contributed by atoms with Crippen molar-refractivity contribution in [1.82, 2.24) is 34.0 Å². The van der Waals surface area contributed by atoms with E-state index in [2.05, 4.69) is 29.1 Å². The zero-order chi connectivity index (χ0) is 45.8. The summed E-state index contributed by atoms with van der Waals surface area (Å²) in [4.78, 5) is 92.0. The third kappa shape index (κ3) is 10.5. The number of ether oxygens (including phenoxy) is 2. The smallest absolute Gasteiger partial charge is 0.419 e. The molecule has 352 valence electrons. The van der Waals surface area contributed by atoms with E-state index in [1.165, 1.54) is 4.57 Å². The summed E-state index contributed by atoms with van der Waals surface area (Å²) >= 11 is 0. The molecule has 0 aliphatic carbocycles. The Morgan fingerprint density at radius 1 is 0.877 bits per heavy atom. The Morgan fingerprint density at radius 2 is 1.62 bits per heavy atom. The summed E-state index contributed by atoms with van der Waals surface area (Å²) in [5, 5.41) is 3.04. The number of anilines is 1. The molecule has 6 heterocycles. The number of esters is 1. The maximum absolute atomic E-state index is 14.5. The van der Waals surface area contributed by atoms with Gasteiger partial charge in [-0.15, -0.1) is 0 Å². The highest BCUT2D eigenvalue weighted by Crippen LogP contribution is 2.44. The lowest BCUT2D eigenvalue weighted by molar-refractivity contribution is -0.145. The molecule has 1 unspecified atom stereocenters. The second-order valence-corrected chi connectivity index (χ2v) is 19.1. The number of hydrogen-bond donors (Lipinski definition) is 1. The van der Waals surface area contributed by atoms with E-state index in [1.54, 1.807) is 22.9 Å². The number of carbonyl (C=O) groups excluding carboxylic acids is 5. The molecule has 5 aliphatic heterocycles. The third-order valence-corrected chi connectivity index (χ3v) is 14.8. The number of oxazole rings is 1. The number of nitrogens with zero attached hydrogens (tertiary/aromatic N) is 7. The molecule has 2 aromatic carbocycles. The van der Waals surface area contributed by atoms with Gasteiger partial charge in [0, 0.05) is 110 Å². The van der Waals surface area contributed by atoms with Gasteiger partial charge in [-0.3, -0.25) is 19.0 Å². The minimum absolute atomic E-state index is 0.0468. The summed E-state index contributed by atoms with van der Waals surface area (Å²) in [6, 6.07) is 11.3. The van der Waals surface area contributed by atoms with Gasteiger partial charge in [0.1, 0.15) is 0 Å². The molecule has 3 aromatic rings. The Bertz CT molecular complexity index is 2290. The van der Waals surface area contributed by atoms with E-state index in [-0.39, 0.29) is 54.2 Å². The lowest BCUT2D eigenvalue weighted by atomic mass is 9.69. The lowest BCUT2D eigenvalue weighted by Gasteiger charge is -2.43. The van der Waals surface area contributed by atoms with Crippen LogP contribution in [0.25, 0.3) is 11.1 Å². The summed E-state index contributed by atoms with van der Waals surface area (Å²) < 4.78 is 18.6. The first-order valence-electron chi connectivity index (χ1n) is 23.6. The zero-order valence-electron chi connectivity index (χ0n) is 38.6. The van der Waals surface area contributed by atoms with Gasteiger partial charge >= 0.3 is 23.8 Å². The van der Waals surface area contributed by atoms with E-state index in [9.17, 15) is 28.8 Å². The number of rotatable bonds is 13. The molecule has 5 aliphatic rings. The standard InChI is InChI=1S/C48H66N8O9/c1-33-30-34(31-39-42(33)51(4)46(61)64-39)32-40(65-47(62)55-19-11-36(12-20-55)56-22-10-35-8-5-6-9-38(35)49-45(56)60)44(59)54-23-15-48(2,16-24-54)37-13-21-53(43(37)58)17-7-29-63-41(57)14-18-52-27-25-50(3)26-28-52/h5-6,8-9,30-31,36-37,40H,7,10-29,32H2,1-4H3,(H,49,60)/t37?,40-/m1/s1. The summed E-state index contributed by atoms with van der Waals surface area (Å²) in [5.41, 5.74) is 4.16. The van der Waals surface area contributed by atoms with Crippen LogP contribution < -0.4 is 11.1 Å². The molecule has 4 saturated heterocycles. The van der Waals surface area contributed by atoms with Crippen LogP contribution in [0.4, 0.5) is 15.3 Å². The van der Waals surface area contributed by atoms with Gasteiger partial charge in [0.25, 0.3) is 5.91 Å². The average Bonchev–Trinajstić information content (AvgIpc) is 3.75. The van der Waals surface area contributed by atoms with Crippen LogP contribution in [0.5, 0.6) is 0 Å². The number of para-hydroxylation sites is 1. The molecule has 1 aromatic heterocycles. The zero-order valence-corrected chi connectivity index (χ0v) is 38.6. The minimum atomic E-state index is -1.14. The number of hydrogen-bond acceptors (Lipinski definition) is 11. The van der Waals surface area contributed by atoms with Crippen LogP contribution in [0.1, 0.15) is 68.6 Å². The number of aromatic nitrogens is 1. The monoisotopic (exact) mass is 898 g/mol. The van der Waals surface area contributed by atoms with E-state index in [0.717, 1.165) is 55.8 Å². The Hall–Kier alpha value is -5.42. The van der Waals surface area contributed by atoms with Gasteiger partial charge in [-0.05, 0) is 93.2 Å². The van der Waals surface area contributed by atoms with E-state index in [0.29, 0.717) is 108 Å². The number of likely N-dealkylation sites (N-methyl/N-ethyl adjacent to an activating group) is 1. The van der Waals surface area contributed by atoms with Crippen molar-refractivity contribution in [1.29, 1.82) is 0 Å². The number of benzene rings is 2. The van der Waals surface area contributed by atoms with Crippen molar-refractivity contribution in [3.8, 4) is 0 Å². The molecule has 0 spiro atoms. The number of aryl methyl sites for hydroxylation is 2. The summed E-state index contributed by atoms with van der Waals surface area (Å²) in [5.74, 6) is -1.05. The van der Waals surface area contributed by atoms with E-state index in [1.807, 2.05) is 47.1 Å². The number of amides is 5. The second-order valence-electron chi connectivity index (χ2n) is 19.1. The number of urea groups is 1. The highest BCUT2D eigenvalue weighted by molar-refractivity contribution is 5.91. The Kier molecular flexibility index (Phi) is 14.2. The first-order valence-corrected chi connectivity index (χ1v) is 23.6. The molecule has 1 N–H and O–H groups in total. The number of carbonyl (C=O) groups is 5. The van der Waals surface area contributed by atoms with Gasteiger partial charge in [0.05, 0.1) is 18.5 Å². The molecule has 65 heavy (non-hydrogen) atoms. The molecular weight excluding hydrogens is 833 g/mol. The van der Waals surface area contributed by atoms with Crippen LogP contribution in [0.3, 0.4) is 0 Å². The molecule has 17 heteroatoms. The van der Waals surface area contributed by atoms with E-state index < -0.39 is 18.0 Å². The largest absolute Gasteiger partial charge is 0.466 e. The van der Waals surface area contributed by atoms with Gasteiger partial charge in [0.15, 0.2) is 11.7 Å². The van der Waals surface area contributed by atoms with Crippen molar-refractivity contribution in [3.63, 3.8) is 0 Å². The average molecular weight is 899 g/mol. The van der Waals surface area contributed by atoms with Crippen LogP contribution in [0.2, 0.25) is 0 Å². The molecule has 17 nitrogen and oxygen atoms in total. The SMILES string of the molecule is Cc1cc(C[C@@H](OC(=O)N2CCC(N3CCc4ccccc4NC3=O)CC2)C(=O)N2CCC(C)(C3CCN(CCCOC(=O)CCN4CCN(C)CC4)C3=O)CC2)cc2oc(=O)n(C)c12. The molecule has 0 saturated carbocycles. The lowest BCUT2D eigenvalue weighted by Crippen LogP contribution is -2.52. The predicted octanol–water partition coefficient (Wildman–Crippen LogP) is 4.09. The maximum atomic E-state index is 14.5. The quantitative estimate of drug-likeness (QED) is 0.194. The van der Waals surface area contributed by atoms with Gasteiger partial charge < -0.3 is 48.6 Å². The third-order valence-electron chi connectivity index (χ3n) is 14.8. The van der Waals surface area contributed by atoms with Crippen molar-refractivity contribution in [2.75, 3.05) is 97.5 Å². The second kappa shape index (κ2) is 20.0. The number of piperazine rings is 1. The Balaban J connectivity index is 0.854. The van der Waals surface area contributed by atoms with Gasteiger partial charge in [-0.2, -0.15) is 0 Å². The van der Waals surface area contributed by atoms with Crippen molar-refractivity contribution < 1.29 is 37.9 Å². The van der Waals surface area contributed by atoms with Gasteiger partial charge in [0.2, 0.25) is 5.91 Å². The van der Waals surface area contributed by atoms with E-state index >= 15 is 0 Å². The van der Waals surface area contributed by atoms with Gasteiger partial charge in [-0.25, -0.2) is 14.4 Å². The summed E-state index contributed by atoms with van der Waals surface area (Å²) in [7, 11) is 3.75. The summed E-state index contributed by atoms with van der Waals surface area (Å²) in [6.45, 7) is 12.3. The highest BCUT2D eigenvalue weighted by Gasteiger charge is 2.47. The Morgan fingerprint density at radius 3 is 2.37 bits per heavy atom. The first-order chi connectivity index (χ1) is 31.3. The normalized spacial score (nSPS) is 21.6. The molecule has 4 fully saturated rings. The van der Waals surface area contributed by atoms with Crippen molar-refractivity contribution in [2.24, 2.45) is 18.4 Å². The number of piperidine rings is 2. The van der Waals surface area contributed by atoms with Crippen LogP contribution in [0.15, 0.2) is 45.6 Å². The first kappa shape index (κ1) is 46.1. The van der Waals surface area contributed by atoms with Crippen molar-refractivity contribution >= 4 is 46.7 Å². The fourth-order valence-corrected chi connectivity index (χ4v) is 10.6. The van der Waals surface area contributed by atoms with Crippen LogP contribution in [0, 0.1) is 18.3 Å². The fraction of sp³-hybridized carbons (Fsp3) is 0.625. The molecule has 5 amide bonds.